The first-order valence-electron chi connectivity index (χ1n) is 6.17. The summed E-state index contributed by atoms with van der Waals surface area (Å²) in [6, 6.07) is 4.47. The molecule has 1 amide bonds. The van der Waals surface area contributed by atoms with Crippen LogP contribution in [-0.2, 0) is 4.79 Å². The monoisotopic (exact) mass is 313 g/mol. The molecule has 0 atom stereocenters. The molecule has 0 radical (unpaired) electrons. The van der Waals surface area contributed by atoms with Gasteiger partial charge in [0.05, 0.1) is 13.2 Å². The fraction of sp³-hybridized carbons (Fsp3) is 0.286. The highest BCUT2D eigenvalue weighted by molar-refractivity contribution is 6.29. The average Bonchev–Trinajstić information content (AvgIpc) is 2.43. The van der Waals surface area contributed by atoms with Crippen molar-refractivity contribution in [3.8, 4) is 11.5 Å². The molecule has 0 spiro atoms. The van der Waals surface area contributed by atoms with Gasteiger partial charge < -0.3 is 19.9 Å². The molecule has 1 rings (SSSR count). The Morgan fingerprint density at radius 3 is 2.62 bits per heavy atom. The maximum atomic E-state index is 11.9. The molecule has 114 valence electrons. The van der Waals surface area contributed by atoms with Gasteiger partial charge in [0.25, 0.3) is 5.91 Å². The fourth-order valence-corrected chi connectivity index (χ4v) is 1.52. The summed E-state index contributed by atoms with van der Waals surface area (Å²) in [5.74, 6) is -0.879. The topological polar surface area (TPSA) is 84.9 Å². The molecule has 0 bridgehead atoms. The van der Waals surface area contributed by atoms with Crippen molar-refractivity contribution in [2.45, 2.75) is 6.92 Å². The second-order valence-electron chi connectivity index (χ2n) is 3.98. The zero-order valence-electron chi connectivity index (χ0n) is 11.5. The van der Waals surface area contributed by atoms with Crippen LogP contribution in [0.15, 0.2) is 29.8 Å². The van der Waals surface area contributed by atoms with E-state index in [9.17, 15) is 9.59 Å². The molecule has 0 saturated heterocycles. The molecular weight excluding hydrogens is 298 g/mol. The molecule has 21 heavy (non-hydrogen) atoms. The molecule has 0 aliphatic heterocycles. The minimum absolute atomic E-state index is 0.154. The van der Waals surface area contributed by atoms with Crippen LogP contribution >= 0.6 is 11.6 Å². The molecule has 0 heterocycles. The van der Waals surface area contributed by atoms with Crippen molar-refractivity contribution in [3.05, 3.63) is 35.4 Å². The standard InChI is InChI=1S/C14H16ClNO5/c1-3-20-12-6-10(14(19)16-7-9(2)15)4-5-11(12)21-8-13(17)18/h4-6H,2-3,7-8H2,1H3,(H,16,19)(H,17,18). The number of ether oxygens (including phenoxy) is 2. The summed E-state index contributed by atoms with van der Waals surface area (Å²) in [7, 11) is 0. The summed E-state index contributed by atoms with van der Waals surface area (Å²) in [4.78, 5) is 22.4. The highest BCUT2D eigenvalue weighted by Gasteiger charge is 2.12. The average molecular weight is 314 g/mol. The van der Waals surface area contributed by atoms with Crippen LogP contribution in [0.4, 0.5) is 0 Å². The van der Waals surface area contributed by atoms with E-state index in [0.29, 0.717) is 23.0 Å². The van der Waals surface area contributed by atoms with E-state index in [1.807, 2.05) is 0 Å². The van der Waals surface area contributed by atoms with E-state index < -0.39 is 12.6 Å². The van der Waals surface area contributed by atoms with E-state index in [1.165, 1.54) is 18.2 Å². The predicted octanol–water partition coefficient (Wildman–Crippen LogP) is 2.03. The van der Waals surface area contributed by atoms with Crippen LogP contribution in [0.2, 0.25) is 0 Å². The molecule has 1 aromatic carbocycles. The van der Waals surface area contributed by atoms with Crippen LogP contribution in [0.1, 0.15) is 17.3 Å². The minimum Gasteiger partial charge on any atom is -0.490 e. The number of aliphatic carboxylic acids is 1. The molecule has 1 aromatic rings. The van der Waals surface area contributed by atoms with Crippen LogP contribution < -0.4 is 14.8 Å². The van der Waals surface area contributed by atoms with E-state index >= 15 is 0 Å². The van der Waals surface area contributed by atoms with Crippen molar-refractivity contribution in [1.82, 2.24) is 5.32 Å². The quantitative estimate of drug-likeness (QED) is 0.767. The van der Waals surface area contributed by atoms with Crippen LogP contribution in [0.5, 0.6) is 11.5 Å². The van der Waals surface area contributed by atoms with E-state index in [-0.39, 0.29) is 18.2 Å². The first-order valence-corrected chi connectivity index (χ1v) is 6.54. The number of carboxylic acid groups (broad SMARTS) is 1. The lowest BCUT2D eigenvalue weighted by atomic mass is 10.2. The Morgan fingerprint density at radius 1 is 1.33 bits per heavy atom. The molecule has 7 heteroatoms. The van der Waals surface area contributed by atoms with Crippen molar-refractivity contribution < 1.29 is 24.2 Å². The molecular formula is C14H16ClNO5. The van der Waals surface area contributed by atoms with Crippen LogP contribution in [0, 0.1) is 0 Å². The highest BCUT2D eigenvalue weighted by Crippen LogP contribution is 2.28. The Labute approximate surface area is 127 Å². The van der Waals surface area contributed by atoms with Crippen molar-refractivity contribution >= 4 is 23.5 Å². The largest absolute Gasteiger partial charge is 0.490 e. The summed E-state index contributed by atoms with van der Waals surface area (Å²) in [6.45, 7) is 5.26. The van der Waals surface area contributed by atoms with Gasteiger partial charge in [-0.2, -0.15) is 0 Å². The lowest BCUT2D eigenvalue weighted by Gasteiger charge is -2.12. The zero-order chi connectivity index (χ0) is 15.8. The van der Waals surface area contributed by atoms with Crippen LogP contribution in [-0.4, -0.2) is 36.7 Å². The second-order valence-corrected chi connectivity index (χ2v) is 4.51. The van der Waals surface area contributed by atoms with E-state index in [4.69, 9.17) is 26.2 Å². The molecule has 2 N–H and O–H groups in total. The summed E-state index contributed by atoms with van der Waals surface area (Å²) in [6.07, 6.45) is 0. The molecule has 0 fully saturated rings. The maximum Gasteiger partial charge on any atom is 0.341 e. The Hall–Kier alpha value is -2.21. The first-order chi connectivity index (χ1) is 9.93. The third kappa shape index (κ3) is 5.74. The number of benzene rings is 1. The van der Waals surface area contributed by atoms with Gasteiger partial charge in [0.15, 0.2) is 18.1 Å². The molecule has 0 aromatic heterocycles. The van der Waals surface area contributed by atoms with Gasteiger partial charge in [-0.05, 0) is 25.1 Å². The molecule has 0 saturated carbocycles. The molecule has 0 unspecified atom stereocenters. The summed E-state index contributed by atoms with van der Waals surface area (Å²) in [5.41, 5.74) is 0.346. The maximum absolute atomic E-state index is 11.9. The highest BCUT2D eigenvalue weighted by atomic mass is 35.5. The third-order valence-electron chi connectivity index (χ3n) is 2.30. The van der Waals surface area contributed by atoms with Gasteiger partial charge in [0.2, 0.25) is 0 Å². The lowest BCUT2D eigenvalue weighted by molar-refractivity contribution is -0.139. The van der Waals surface area contributed by atoms with Gasteiger partial charge in [-0.1, -0.05) is 18.2 Å². The number of carbonyl (C=O) groups is 2. The summed E-state index contributed by atoms with van der Waals surface area (Å²) < 4.78 is 10.4. The van der Waals surface area contributed by atoms with Crippen LogP contribution in [0.25, 0.3) is 0 Å². The number of hydrogen-bond donors (Lipinski definition) is 2. The Kier molecular flexibility index (Phi) is 6.55. The van der Waals surface area contributed by atoms with Crippen molar-refractivity contribution in [2.75, 3.05) is 19.8 Å². The second kappa shape index (κ2) is 8.16. The SMILES string of the molecule is C=C(Cl)CNC(=O)c1ccc(OCC(=O)O)c(OCC)c1. The van der Waals surface area contributed by atoms with Crippen molar-refractivity contribution in [2.24, 2.45) is 0 Å². The zero-order valence-corrected chi connectivity index (χ0v) is 12.3. The van der Waals surface area contributed by atoms with Gasteiger partial charge >= 0.3 is 5.97 Å². The third-order valence-corrected chi connectivity index (χ3v) is 2.43. The number of nitrogens with one attached hydrogen (secondary N) is 1. The van der Waals surface area contributed by atoms with Gasteiger partial charge in [-0.15, -0.1) is 0 Å². The number of carbonyl (C=O) groups excluding carboxylic acids is 1. The van der Waals surface area contributed by atoms with E-state index in [0.717, 1.165) is 0 Å². The number of amides is 1. The van der Waals surface area contributed by atoms with Gasteiger partial charge in [0, 0.05) is 10.6 Å². The number of carboxylic acids is 1. The molecule has 0 aliphatic rings. The van der Waals surface area contributed by atoms with Crippen LogP contribution in [0.3, 0.4) is 0 Å². The number of halogens is 1. The predicted molar refractivity (Wildman–Crippen MR) is 78.1 cm³/mol. The van der Waals surface area contributed by atoms with Crippen molar-refractivity contribution in [3.63, 3.8) is 0 Å². The Morgan fingerprint density at radius 2 is 2.05 bits per heavy atom. The van der Waals surface area contributed by atoms with Gasteiger partial charge in [-0.3, -0.25) is 4.79 Å². The summed E-state index contributed by atoms with van der Waals surface area (Å²) >= 11 is 5.58. The molecule has 6 nitrogen and oxygen atoms in total. The minimum atomic E-state index is -1.10. The number of rotatable bonds is 8. The smallest absolute Gasteiger partial charge is 0.341 e. The fourth-order valence-electron chi connectivity index (χ4n) is 1.45. The van der Waals surface area contributed by atoms with E-state index in [1.54, 1.807) is 6.92 Å². The van der Waals surface area contributed by atoms with Gasteiger partial charge in [0.1, 0.15) is 0 Å². The summed E-state index contributed by atoms with van der Waals surface area (Å²) in [5, 5.41) is 11.5. The van der Waals surface area contributed by atoms with Gasteiger partial charge in [-0.25, -0.2) is 4.79 Å². The lowest BCUT2D eigenvalue weighted by Crippen LogP contribution is -2.24. The first kappa shape index (κ1) is 16.8. The van der Waals surface area contributed by atoms with Crippen molar-refractivity contribution in [1.29, 1.82) is 0 Å². The Bertz CT molecular complexity index is 544. The Balaban J connectivity index is 2.88. The number of hydrogen-bond acceptors (Lipinski definition) is 4. The molecule has 0 aliphatic carbocycles. The van der Waals surface area contributed by atoms with E-state index in [2.05, 4.69) is 11.9 Å². The normalized spacial score (nSPS) is 9.81.